The number of nitrogens with one attached hydrogen (secondary N) is 1. The number of nitrogens with zero attached hydrogens (tertiary/aromatic N) is 2. The third kappa shape index (κ3) is 5.19. The average Bonchev–Trinajstić information content (AvgIpc) is 3.32. The van der Waals surface area contributed by atoms with Gasteiger partial charge in [-0.2, -0.15) is 4.31 Å². The second-order valence-corrected chi connectivity index (χ2v) is 10.8. The Morgan fingerprint density at radius 1 is 1.06 bits per heavy atom. The predicted octanol–water partition coefficient (Wildman–Crippen LogP) is 4.06. The Labute approximate surface area is 202 Å². The molecule has 1 amide bonds. The molecule has 0 saturated carbocycles. The van der Waals surface area contributed by atoms with E-state index < -0.39 is 10.0 Å². The SMILES string of the molecule is COc1ccc(-c2csc(NC(=O)C3CCN(S(=O)(=O)c4ccc(C(C)=O)cc4)CC3)n2)cc1. The maximum absolute atomic E-state index is 12.9. The fourth-order valence-electron chi connectivity index (χ4n) is 3.80. The van der Waals surface area contributed by atoms with Crippen LogP contribution < -0.4 is 10.1 Å². The van der Waals surface area contributed by atoms with Crippen LogP contribution in [-0.2, 0) is 14.8 Å². The zero-order valence-corrected chi connectivity index (χ0v) is 20.5. The number of hydrogen-bond donors (Lipinski definition) is 1. The molecule has 0 atom stereocenters. The Bertz CT molecular complexity index is 1280. The van der Waals surface area contributed by atoms with E-state index in [-0.39, 0.29) is 35.6 Å². The fourth-order valence-corrected chi connectivity index (χ4v) is 5.99. The van der Waals surface area contributed by atoms with E-state index in [0.717, 1.165) is 17.0 Å². The summed E-state index contributed by atoms with van der Waals surface area (Å²) in [5, 5.41) is 5.26. The van der Waals surface area contributed by atoms with Gasteiger partial charge in [0, 0.05) is 35.5 Å². The number of carbonyl (C=O) groups excluding carboxylic acids is 2. The highest BCUT2D eigenvalue weighted by Gasteiger charge is 2.32. The van der Waals surface area contributed by atoms with Gasteiger partial charge in [0.15, 0.2) is 10.9 Å². The molecule has 4 rings (SSSR count). The van der Waals surface area contributed by atoms with Crippen molar-refractivity contribution < 1.29 is 22.7 Å². The summed E-state index contributed by atoms with van der Waals surface area (Å²) in [6.45, 7) is 1.94. The van der Waals surface area contributed by atoms with Crippen LogP contribution in [0.5, 0.6) is 5.75 Å². The number of benzene rings is 2. The van der Waals surface area contributed by atoms with Gasteiger partial charge in [0.2, 0.25) is 15.9 Å². The van der Waals surface area contributed by atoms with E-state index in [9.17, 15) is 18.0 Å². The number of anilines is 1. The number of carbonyl (C=O) groups is 2. The molecular weight excluding hydrogens is 474 g/mol. The molecule has 1 aliphatic rings. The van der Waals surface area contributed by atoms with E-state index >= 15 is 0 Å². The maximum Gasteiger partial charge on any atom is 0.243 e. The fraction of sp³-hybridized carbons (Fsp3) is 0.292. The summed E-state index contributed by atoms with van der Waals surface area (Å²) in [4.78, 5) is 28.8. The number of rotatable bonds is 7. The van der Waals surface area contributed by atoms with Gasteiger partial charge in [0.25, 0.3) is 0 Å². The van der Waals surface area contributed by atoms with Crippen LogP contribution >= 0.6 is 11.3 Å². The van der Waals surface area contributed by atoms with E-state index in [4.69, 9.17) is 4.74 Å². The minimum absolute atomic E-state index is 0.118. The summed E-state index contributed by atoms with van der Waals surface area (Å²) in [6.07, 6.45) is 0.848. The lowest BCUT2D eigenvalue weighted by Crippen LogP contribution is -2.41. The molecule has 0 radical (unpaired) electrons. The molecule has 2 aromatic carbocycles. The number of methoxy groups -OCH3 is 1. The van der Waals surface area contributed by atoms with Gasteiger partial charge >= 0.3 is 0 Å². The summed E-state index contributed by atoms with van der Waals surface area (Å²) in [7, 11) is -2.06. The summed E-state index contributed by atoms with van der Waals surface area (Å²) in [6, 6.07) is 13.5. The lowest BCUT2D eigenvalue weighted by Gasteiger charge is -2.30. The minimum atomic E-state index is -3.67. The van der Waals surface area contributed by atoms with Crippen LogP contribution in [0.1, 0.15) is 30.1 Å². The van der Waals surface area contributed by atoms with Gasteiger partial charge in [-0.05, 0) is 56.2 Å². The van der Waals surface area contributed by atoms with Crippen molar-refractivity contribution in [3.63, 3.8) is 0 Å². The molecule has 1 aromatic heterocycles. The summed E-state index contributed by atoms with van der Waals surface area (Å²) in [5.41, 5.74) is 2.15. The molecule has 3 aromatic rings. The van der Waals surface area contributed by atoms with Gasteiger partial charge in [0.1, 0.15) is 5.75 Å². The summed E-state index contributed by atoms with van der Waals surface area (Å²) < 4.78 is 32.4. The van der Waals surface area contributed by atoms with Gasteiger partial charge < -0.3 is 10.1 Å². The third-order valence-corrected chi connectivity index (χ3v) is 8.51. The lowest BCUT2D eigenvalue weighted by molar-refractivity contribution is -0.120. The molecule has 10 heteroatoms. The van der Waals surface area contributed by atoms with Crippen molar-refractivity contribution in [2.75, 3.05) is 25.5 Å². The van der Waals surface area contributed by atoms with Crippen molar-refractivity contribution >= 4 is 38.2 Å². The zero-order valence-electron chi connectivity index (χ0n) is 18.9. The molecule has 34 heavy (non-hydrogen) atoms. The number of aromatic nitrogens is 1. The topological polar surface area (TPSA) is 106 Å². The highest BCUT2D eigenvalue weighted by atomic mass is 32.2. The molecular formula is C24H25N3O5S2. The van der Waals surface area contributed by atoms with E-state index in [0.29, 0.717) is 23.5 Å². The number of sulfonamides is 1. The summed E-state index contributed by atoms with van der Waals surface area (Å²) in [5.74, 6) is 0.194. The molecule has 1 saturated heterocycles. The molecule has 1 fully saturated rings. The molecule has 178 valence electrons. The zero-order chi connectivity index (χ0) is 24.3. The van der Waals surface area contributed by atoms with Crippen molar-refractivity contribution in [2.45, 2.75) is 24.7 Å². The van der Waals surface area contributed by atoms with Crippen molar-refractivity contribution in [2.24, 2.45) is 5.92 Å². The first-order chi connectivity index (χ1) is 16.3. The van der Waals surface area contributed by atoms with Crippen LogP contribution in [0, 0.1) is 5.92 Å². The highest BCUT2D eigenvalue weighted by molar-refractivity contribution is 7.89. The number of piperidine rings is 1. The van der Waals surface area contributed by atoms with Crippen LogP contribution in [0.25, 0.3) is 11.3 Å². The smallest absolute Gasteiger partial charge is 0.243 e. The Morgan fingerprint density at radius 2 is 1.71 bits per heavy atom. The van der Waals surface area contributed by atoms with Crippen molar-refractivity contribution in [3.05, 3.63) is 59.5 Å². The summed E-state index contributed by atoms with van der Waals surface area (Å²) >= 11 is 1.35. The van der Waals surface area contributed by atoms with E-state index in [2.05, 4.69) is 10.3 Å². The van der Waals surface area contributed by atoms with Crippen LogP contribution in [0.3, 0.4) is 0 Å². The van der Waals surface area contributed by atoms with Crippen molar-refractivity contribution in [1.82, 2.24) is 9.29 Å². The van der Waals surface area contributed by atoms with Crippen molar-refractivity contribution in [3.8, 4) is 17.0 Å². The number of ketones is 1. The van der Waals surface area contributed by atoms with Crippen molar-refractivity contribution in [1.29, 1.82) is 0 Å². The van der Waals surface area contributed by atoms with Crippen LogP contribution in [0.15, 0.2) is 58.8 Å². The number of amides is 1. The number of thiazole rings is 1. The van der Waals surface area contributed by atoms with E-state index in [1.807, 2.05) is 29.6 Å². The number of Topliss-reactive ketones (excluding diaryl/α,β-unsaturated/α-hetero) is 1. The first kappa shape index (κ1) is 24.1. The second-order valence-electron chi connectivity index (χ2n) is 8.01. The predicted molar refractivity (Wildman–Crippen MR) is 131 cm³/mol. The normalized spacial score (nSPS) is 15.1. The Hall–Kier alpha value is -3.08. The number of ether oxygens (including phenoxy) is 1. The van der Waals surface area contributed by atoms with Crippen LogP contribution in [0.2, 0.25) is 0 Å². The lowest BCUT2D eigenvalue weighted by atomic mass is 9.97. The van der Waals surface area contributed by atoms with Gasteiger partial charge in [-0.25, -0.2) is 13.4 Å². The van der Waals surface area contributed by atoms with Gasteiger partial charge in [0.05, 0.1) is 17.7 Å². The van der Waals surface area contributed by atoms with Crippen LogP contribution in [-0.4, -0.2) is 49.6 Å². The van der Waals surface area contributed by atoms with Gasteiger partial charge in [-0.15, -0.1) is 11.3 Å². The largest absolute Gasteiger partial charge is 0.497 e. The Balaban J connectivity index is 1.34. The molecule has 2 heterocycles. The Kier molecular flexibility index (Phi) is 7.11. The molecule has 0 unspecified atom stereocenters. The minimum Gasteiger partial charge on any atom is -0.497 e. The monoisotopic (exact) mass is 499 g/mol. The molecule has 0 aliphatic carbocycles. The van der Waals surface area contributed by atoms with E-state index in [1.165, 1.54) is 46.8 Å². The first-order valence-electron chi connectivity index (χ1n) is 10.8. The first-order valence-corrected chi connectivity index (χ1v) is 13.1. The molecule has 0 spiro atoms. The molecule has 1 N–H and O–H groups in total. The maximum atomic E-state index is 12.9. The highest BCUT2D eigenvalue weighted by Crippen LogP contribution is 2.29. The second kappa shape index (κ2) is 10.0. The Morgan fingerprint density at radius 3 is 2.29 bits per heavy atom. The number of hydrogen-bond acceptors (Lipinski definition) is 7. The van der Waals surface area contributed by atoms with E-state index in [1.54, 1.807) is 7.11 Å². The molecule has 8 nitrogen and oxygen atoms in total. The quantitative estimate of drug-likeness (QED) is 0.492. The third-order valence-electron chi connectivity index (χ3n) is 5.84. The average molecular weight is 500 g/mol. The molecule has 1 aliphatic heterocycles. The van der Waals surface area contributed by atoms with Gasteiger partial charge in [-0.3, -0.25) is 9.59 Å². The standard InChI is InChI=1S/C24H25N3O5S2/c1-16(28)17-5-9-21(10-6-17)34(30,31)27-13-11-19(12-14-27)23(29)26-24-25-22(15-33-24)18-3-7-20(32-2)8-4-18/h3-10,15,19H,11-14H2,1-2H3,(H,25,26,29). The molecule has 0 bridgehead atoms. The van der Waals surface area contributed by atoms with Crippen LogP contribution in [0.4, 0.5) is 5.13 Å². The van der Waals surface area contributed by atoms with Gasteiger partial charge in [-0.1, -0.05) is 12.1 Å².